The van der Waals surface area contributed by atoms with E-state index in [1.807, 2.05) is 45.2 Å². The zero-order valence-corrected chi connectivity index (χ0v) is 21.5. The predicted molar refractivity (Wildman–Crippen MR) is 131 cm³/mol. The van der Waals surface area contributed by atoms with Gasteiger partial charge >= 0.3 is 5.97 Å². The molecule has 0 aliphatic carbocycles. The van der Waals surface area contributed by atoms with Gasteiger partial charge in [-0.05, 0) is 50.0 Å². The number of ether oxygens (including phenoxy) is 1. The number of hydrogen-bond donors (Lipinski definition) is 3. The molecule has 1 saturated heterocycles. The Hall–Kier alpha value is -1.97. The van der Waals surface area contributed by atoms with E-state index >= 15 is 0 Å². The number of carbonyl (C=O) groups excluding carboxylic acids is 3. The summed E-state index contributed by atoms with van der Waals surface area (Å²) >= 11 is 1.57. The summed E-state index contributed by atoms with van der Waals surface area (Å²) in [5.74, 6) is -1.30. The normalized spacial score (nSPS) is 15.2. The second kappa shape index (κ2) is 18.5. The fourth-order valence-electron chi connectivity index (χ4n) is 3.33. The predicted octanol–water partition coefficient (Wildman–Crippen LogP) is 2.76. The molecule has 2 atom stereocenters. The van der Waals surface area contributed by atoms with Crippen LogP contribution in [0.1, 0.15) is 65.2 Å². The lowest BCUT2D eigenvalue weighted by atomic mass is 9.92. The number of hydrogen-bond acceptors (Lipinski definition) is 7. The summed E-state index contributed by atoms with van der Waals surface area (Å²) in [4.78, 5) is 38.5. The summed E-state index contributed by atoms with van der Waals surface area (Å²) in [5, 5.41) is 24.7. The molecule has 0 saturated carbocycles. The zero-order valence-electron chi connectivity index (χ0n) is 20.7. The van der Waals surface area contributed by atoms with Gasteiger partial charge in [0.2, 0.25) is 0 Å². The molecule has 33 heavy (non-hydrogen) atoms. The summed E-state index contributed by atoms with van der Waals surface area (Å²) in [7, 11) is 0. The van der Waals surface area contributed by atoms with E-state index in [0.717, 1.165) is 4.88 Å². The number of rotatable bonds is 10. The van der Waals surface area contributed by atoms with Crippen LogP contribution < -0.4 is 5.32 Å². The molecule has 0 bridgehead atoms. The molecule has 2 rings (SSSR count). The van der Waals surface area contributed by atoms with E-state index in [2.05, 4.69) is 5.32 Å². The van der Waals surface area contributed by atoms with Crippen LogP contribution in [0, 0.1) is 5.92 Å². The average Bonchev–Trinajstić information content (AvgIpc) is 3.38. The summed E-state index contributed by atoms with van der Waals surface area (Å²) in [6, 6.07) is 3.86. The minimum absolute atomic E-state index is 0.213. The highest BCUT2D eigenvalue weighted by molar-refractivity contribution is 7.09. The van der Waals surface area contributed by atoms with E-state index < -0.39 is 24.0 Å². The number of thiophene rings is 1. The molecule has 1 aromatic heterocycles. The largest absolute Gasteiger partial charge is 0.466 e. The Bertz CT molecular complexity index is 660. The number of aliphatic hydroxyl groups is 2. The van der Waals surface area contributed by atoms with Crippen LogP contribution in [0.2, 0.25) is 0 Å². The highest BCUT2D eigenvalue weighted by Crippen LogP contribution is 2.23. The van der Waals surface area contributed by atoms with Crippen molar-refractivity contribution < 1.29 is 29.3 Å². The van der Waals surface area contributed by atoms with Gasteiger partial charge in [-0.3, -0.25) is 14.4 Å². The molecule has 1 fully saturated rings. The highest BCUT2D eigenvalue weighted by Gasteiger charge is 2.34. The van der Waals surface area contributed by atoms with E-state index in [0.29, 0.717) is 64.3 Å². The number of nitrogens with one attached hydrogen (secondary N) is 1. The molecule has 0 spiro atoms. The van der Waals surface area contributed by atoms with Crippen molar-refractivity contribution in [3.8, 4) is 0 Å². The van der Waals surface area contributed by atoms with Gasteiger partial charge in [-0.1, -0.05) is 33.8 Å². The number of carbonyl (C=O) groups is 3. The minimum atomic E-state index is -1.80. The quantitative estimate of drug-likeness (QED) is 0.438. The van der Waals surface area contributed by atoms with Crippen molar-refractivity contribution in [2.75, 3.05) is 26.2 Å². The molecule has 190 valence electrons. The molecule has 1 aromatic rings. The van der Waals surface area contributed by atoms with E-state index in [-0.39, 0.29) is 5.97 Å². The molecular weight excluding hydrogens is 444 g/mol. The van der Waals surface area contributed by atoms with Crippen molar-refractivity contribution in [3.05, 3.63) is 22.4 Å². The van der Waals surface area contributed by atoms with Gasteiger partial charge in [-0.25, -0.2) is 0 Å². The maximum Gasteiger partial charge on any atom is 0.305 e. The van der Waals surface area contributed by atoms with Gasteiger partial charge in [0.15, 0.2) is 12.2 Å². The second-order valence-electron chi connectivity index (χ2n) is 7.12. The Labute approximate surface area is 202 Å². The van der Waals surface area contributed by atoms with Gasteiger partial charge in [0.25, 0.3) is 11.8 Å². The Kier molecular flexibility index (Phi) is 17.4. The SMILES string of the molecule is CC.CC.CCOC(=O)CCC1CCN(C(=O)C(O)C(O)C(=O)NCCc2cccs2)CC1. The molecule has 0 aromatic carbocycles. The lowest BCUT2D eigenvalue weighted by Crippen LogP contribution is -2.52. The number of amides is 2. The van der Waals surface area contributed by atoms with Crippen LogP contribution in [-0.2, 0) is 25.5 Å². The molecule has 3 N–H and O–H groups in total. The Balaban J connectivity index is 0.00000242. The summed E-state index contributed by atoms with van der Waals surface area (Å²) in [5.41, 5.74) is 0. The van der Waals surface area contributed by atoms with Crippen LogP contribution in [-0.4, -0.2) is 71.3 Å². The first-order valence-electron chi connectivity index (χ1n) is 12.0. The number of nitrogens with zero attached hydrogens (tertiary/aromatic N) is 1. The van der Waals surface area contributed by atoms with Gasteiger partial charge in [0, 0.05) is 30.9 Å². The molecule has 2 unspecified atom stereocenters. The summed E-state index contributed by atoms with van der Waals surface area (Å²) in [6.07, 6.45) is -0.472. The first kappa shape index (κ1) is 31.0. The van der Waals surface area contributed by atoms with Crippen LogP contribution in [0.4, 0.5) is 0 Å². The standard InChI is InChI=1S/C20H30N2O6S.2C2H6/c1-2-28-16(23)6-5-14-8-11-22(12-9-14)20(27)18(25)17(24)19(26)21-10-7-15-4-3-13-29-15;2*1-2/h3-4,13-14,17-18,24-25H,2,5-12H2,1H3,(H,21,26);2*1-2H3. The van der Waals surface area contributed by atoms with Crippen molar-refractivity contribution in [3.63, 3.8) is 0 Å². The summed E-state index contributed by atoms with van der Waals surface area (Å²) < 4.78 is 4.92. The van der Waals surface area contributed by atoms with Gasteiger partial charge < -0.3 is 25.2 Å². The molecule has 9 heteroatoms. The van der Waals surface area contributed by atoms with Crippen molar-refractivity contribution in [2.24, 2.45) is 5.92 Å². The first-order valence-corrected chi connectivity index (χ1v) is 12.9. The first-order chi connectivity index (χ1) is 15.9. The topological polar surface area (TPSA) is 116 Å². The third-order valence-corrected chi connectivity index (χ3v) is 6.00. The highest BCUT2D eigenvalue weighted by atomic mass is 32.1. The molecule has 1 aliphatic rings. The fraction of sp³-hybridized carbons (Fsp3) is 0.708. The number of esters is 1. The third-order valence-electron chi connectivity index (χ3n) is 5.06. The minimum Gasteiger partial charge on any atom is -0.466 e. The van der Waals surface area contributed by atoms with Crippen LogP contribution >= 0.6 is 11.3 Å². The van der Waals surface area contributed by atoms with Gasteiger partial charge in [0.1, 0.15) is 0 Å². The van der Waals surface area contributed by atoms with Crippen molar-refractivity contribution in [1.29, 1.82) is 0 Å². The molecule has 2 heterocycles. The van der Waals surface area contributed by atoms with Crippen molar-refractivity contribution in [2.45, 2.75) is 78.9 Å². The number of likely N-dealkylation sites (tertiary alicyclic amines) is 1. The zero-order chi connectivity index (χ0) is 25.2. The van der Waals surface area contributed by atoms with Gasteiger partial charge in [0.05, 0.1) is 6.61 Å². The Morgan fingerprint density at radius 2 is 1.79 bits per heavy atom. The van der Waals surface area contributed by atoms with E-state index in [1.165, 1.54) is 4.90 Å². The van der Waals surface area contributed by atoms with E-state index in [9.17, 15) is 24.6 Å². The molecular formula is C24H42N2O6S. The maximum atomic E-state index is 12.4. The average molecular weight is 487 g/mol. The molecule has 8 nitrogen and oxygen atoms in total. The van der Waals surface area contributed by atoms with Crippen molar-refractivity contribution >= 4 is 29.1 Å². The maximum absolute atomic E-state index is 12.4. The molecule has 1 aliphatic heterocycles. The van der Waals surface area contributed by atoms with Gasteiger partial charge in [-0.15, -0.1) is 11.3 Å². The molecule has 0 radical (unpaired) electrons. The van der Waals surface area contributed by atoms with E-state index in [4.69, 9.17) is 4.74 Å². The van der Waals surface area contributed by atoms with Gasteiger partial charge in [-0.2, -0.15) is 0 Å². The van der Waals surface area contributed by atoms with Crippen LogP contribution in [0.5, 0.6) is 0 Å². The number of aliphatic hydroxyl groups excluding tert-OH is 2. The Morgan fingerprint density at radius 1 is 1.15 bits per heavy atom. The Morgan fingerprint density at radius 3 is 2.33 bits per heavy atom. The lowest BCUT2D eigenvalue weighted by molar-refractivity contribution is -0.154. The van der Waals surface area contributed by atoms with Crippen LogP contribution in [0.25, 0.3) is 0 Å². The third kappa shape index (κ3) is 11.6. The smallest absolute Gasteiger partial charge is 0.305 e. The van der Waals surface area contributed by atoms with Crippen LogP contribution in [0.3, 0.4) is 0 Å². The van der Waals surface area contributed by atoms with E-state index in [1.54, 1.807) is 18.3 Å². The monoisotopic (exact) mass is 486 g/mol. The van der Waals surface area contributed by atoms with Crippen molar-refractivity contribution in [1.82, 2.24) is 10.2 Å². The molecule has 2 amide bonds. The van der Waals surface area contributed by atoms with Crippen LogP contribution in [0.15, 0.2) is 17.5 Å². The second-order valence-corrected chi connectivity index (χ2v) is 8.15. The number of piperidine rings is 1. The fourth-order valence-corrected chi connectivity index (χ4v) is 4.04. The lowest BCUT2D eigenvalue weighted by Gasteiger charge is -2.33. The summed E-state index contributed by atoms with van der Waals surface area (Å²) in [6.45, 7) is 11.3.